The molecule has 2 aromatic carbocycles. The first-order valence-electron chi connectivity index (χ1n) is 9.59. The molecule has 7 heteroatoms. The van der Waals surface area contributed by atoms with E-state index >= 15 is 0 Å². The maximum Gasteiger partial charge on any atom is 0.231 e. The van der Waals surface area contributed by atoms with Gasteiger partial charge in [0.2, 0.25) is 12.5 Å². The van der Waals surface area contributed by atoms with Gasteiger partial charge in [-0.3, -0.25) is 0 Å². The lowest BCUT2D eigenvalue weighted by molar-refractivity contribution is 0.1000. The molecule has 0 bridgehead atoms. The molecule has 156 valence electrons. The summed E-state index contributed by atoms with van der Waals surface area (Å²) in [6.07, 6.45) is 0.606. The largest absolute Gasteiger partial charge is 0.493 e. The minimum Gasteiger partial charge on any atom is -0.493 e. The molecule has 3 unspecified atom stereocenters. The van der Waals surface area contributed by atoms with Crippen LogP contribution >= 0.6 is 0 Å². The zero-order valence-corrected chi connectivity index (χ0v) is 16.8. The van der Waals surface area contributed by atoms with Gasteiger partial charge in [0.25, 0.3) is 0 Å². The zero-order chi connectivity index (χ0) is 20.5. The summed E-state index contributed by atoms with van der Waals surface area (Å²) in [6, 6.07) is 7.73. The maximum absolute atomic E-state index is 10.3. The van der Waals surface area contributed by atoms with E-state index in [0.29, 0.717) is 35.2 Å². The Morgan fingerprint density at radius 3 is 2.34 bits per heavy atom. The van der Waals surface area contributed by atoms with Crippen molar-refractivity contribution in [2.24, 2.45) is 11.8 Å². The highest BCUT2D eigenvalue weighted by molar-refractivity contribution is 5.63. The fraction of sp³-hybridized carbons (Fsp3) is 0.455. The number of benzene rings is 2. The van der Waals surface area contributed by atoms with Crippen LogP contribution in [0, 0.1) is 11.8 Å². The van der Waals surface area contributed by atoms with E-state index in [-0.39, 0.29) is 37.8 Å². The summed E-state index contributed by atoms with van der Waals surface area (Å²) in [5.41, 5.74) is 2.90. The summed E-state index contributed by atoms with van der Waals surface area (Å²) in [5, 5.41) is 20.3. The molecular formula is C22H26O7. The number of fused-ring (bicyclic) bond motifs is 2. The van der Waals surface area contributed by atoms with Crippen LogP contribution in [0.25, 0.3) is 0 Å². The second-order valence-electron chi connectivity index (χ2n) is 7.30. The molecule has 1 aliphatic heterocycles. The second kappa shape index (κ2) is 8.00. The third-order valence-corrected chi connectivity index (χ3v) is 5.98. The quantitative estimate of drug-likeness (QED) is 0.767. The van der Waals surface area contributed by atoms with E-state index in [1.165, 1.54) is 0 Å². The highest BCUT2D eigenvalue weighted by atomic mass is 16.7. The van der Waals surface area contributed by atoms with Crippen LogP contribution in [0.15, 0.2) is 24.3 Å². The SMILES string of the molecule is COc1cc2c(c(OC)c1OC)C(c1ccc3c(c1)OCO3)C(CO)C(CO)C2. The topological polar surface area (TPSA) is 86.6 Å². The Morgan fingerprint density at radius 1 is 0.931 bits per heavy atom. The highest BCUT2D eigenvalue weighted by Crippen LogP contribution is 2.53. The molecule has 0 amide bonds. The van der Waals surface area contributed by atoms with Gasteiger partial charge in [0, 0.05) is 24.7 Å². The van der Waals surface area contributed by atoms with E-state index in [2.05, 4.69) is 0 Å². The molecule has 0 saturated heterocycles. The van der Waals surface area contributed by atoms with Crippen molar-refractivity contribution in [2.75, 3.05) is 41.3 Å². The number of ether oxygens (including phenoxy) is 5. The van der Waals surface area contributed by atoms with Crippen LogP contribution in [0.5, 0.6) is 28.7 Å². The molecule has 0 fully saturated rings. The van der Waals surface area contributed by atoms with Crippen molar-refractivity contribution < 1.29 is 33.9 Å². The number of rotatable bonds is 6. The Hall–Kier alpha value is -2.64. The summed E-state index contributed by atoms with van der Waals surface area (Å²) < 4.78 is 27.9. The number of aliphatic hydroxyl groups is 2. The van der Waals surface area contributed by atoms with E-state index < -0.39 is 0 Å². The van der Waals surface area contributed by atoms with Gasteiger partial charge in [-0.05, 0) is 47.6 Å². The molecule has 0 spiro atoms. The lowest BCUT2D eigenvalue weighted by Crippen LogP contribution is -2.35. The predicted octanol–water partition coefficient (Wildman–Crippen LogP) is 2.35. The zero-order valence-electron chi connectivity index (χ0n) is 16.8. The summed E-state index contributed by atoms with van der Waals surface area (Å²) in [5.74, 6) is 2.52. The molecule has 0 saturated carbocycles. The Kier molecular flexibility index (Phi) is 5.43. The molecule has 0 aromatic heterocycles. The fourth-order valence-corrected chi connectivity index (χ4v) is 4.63. The average molecular weight is 402 g/mol. The molecule has 2 aliphatic rings. The summed E-state index contributed by atoms with van der Waals surface area (Å²) >= 11 is 0. The van der Waals surface area contributed by atoms with Crippen LogP contribution in [0.1, 0.15) is 22.6 Å². The minimum absolute atomic E-state index is 0.0254. The third-order valence-electron chi connectivity index (χ3n) is 5.98. The van der Waals surface area contributed by atoms with Crippen molar-refractivity contribution in [1.82, 2.24) is 0 Å². The van der Waals surface area contributed by atoms with Crippen LogP contribution in [0.2, 0.25) is 0 Å². The van der Waals surface area contributed by atoms with Crippen molar-refractivity contribution in [1.29, 1.82) is 0 Å². The van der Waals surface area contributed by atoms with Gasteiger partial charge in [0.1, 0.15) is 0 Å². The van der Waals surface area contributed by atoms with E-state index in [4.69, 9.17) is 23.7 Å². The van der Waals surface area contributed by atoms with Gasteiger partial charge in [-0.2, -0.15) is 0 Å². The van der Waals surface area contributed by atoms with Gasteiger partial charge in [0.15, 0.2) is 23.0 Å². The van der Waals surface area contributed by atoms with E-state index in [9.17, 15) is 10.2 Å². The lowest BCUT2D eigenvalue weighted by Gasteiger charge is -2.39. The molecule has 3 atom stereocenters. The highest BCUT2D eigenvalue weighted by Gasteiger charge is 2.41. The van der Waals surface area contributed by atoms with Crippen LogP contribution in [0.3, 0.4) is 0 Å². The molecule has 7 nitrogen and oxygen atoms in total. The summed E-state index contributed by atoms with van der Waals surface area (Å²) in [7, 11) is 4.76. The van der Waals surface area contributed by atoms with Gasteiger partial charge >= 0.3 is 0 Å². The van der Waals surface area contributed by atoms with Gasteiger partial charge in [-0.15, -0.1) is 0 Å². The van der Waals surface area contributed by atoms with Crippen molar-refractivity contribution in [2.45, 2.75) is 12.3 Å². The molecule has 2 aromatic rings. The van der Waals surface area contributed by atoms with Crippen molar-refractivity contribution in [3.05, 3.63) is 41.0 Å². The molecule has 1 aliphatic carbocycles. The molecule has 0 radical (unpaired) electrons. The Balaban J connectivity index is 1.96. The number of methoxy groups -OCH3 is 3. The van der Waals surface area contributed by atoms with E-state index in [1.807, 2.05) is 24.3 Å². The van der Waals surface area contributed by atoms with Crippen molar-refractivity contribution in [3.8, 4) is 28.7 Å². The molecule has 2 N–H and O–H groups in total. The van der Waals surface area contributed by atoms with Gasteiger partial charge in [0.05, 0.1) is 21.3 Å². The molecule has 4 rings (SSSR count). The summed E-state index contributed by atoms with van der Waals surface area (Å²) in [6.45, 7) is 0.0979. The number of hydrogen-bond donors (Lipinski definition) is 2. The molecule has 29 heavy (non-hydrogen) atoms. The van der Waals surface area contributed by atoms with E-state index in [1.54, 1.807) is 21.3 Å². The first-order valence-corrected chi connectivity index (χ1v) is 9.59. The molecular weight excluding hydrogens is 376 g/mol. The maximum atomic E-state index is 10.3. The Bertz CT molecular complexity index is 895. The van der Waals surface area contributed by atoms with Crippen LogP contribution in [-0.4, -0.2) is 51.5 Å². The van der Waals surface area contributed by atoms with Gasteiger partial charge in [-0.25, -0.2) is 0 Å². The van der Waals surface area contributed by atoms with Gasteiger partial charge in [-0.1, -0.05) is 6.07 Å². The number of hydrogen-bond acceptors (Lipinski definition) is 7. The van der Waals surface area contributed by atoms with Gasteiger partial charge < -0.3 is 33.9 Å². The van der Waals surface area contributed by atoms with Crippen LogP contribution < -0.4 is 23.7 Å². The minimum atomic E-state index is -0.217. The molecule has 1 heterocycles. The smallest absolute Gasteiger partial charge is 0.231 e. The van der Waals surface area contributed by atoms with Crippen molar-refractivity contribution in [3.63, 3.8) is 0 Å². The third kappa shape index (κ3) is 3.14. The first kappa shape index (κ1) is 19.7. The van der Waals surface area contributed by atoms with Crippen molar-refractivity contribution >= 4 is 0 Å². The lowest BCUT2D eigenvalue weighted by atomic mass is 9.66. The Labute approximate surface area is 169 Å². The van der Waals surface area contributed by atoms with Crippen LogP contribution in [0.4, 0.5) is 0 Å². The normalized spacial score (nSPS) is 22.2. The average Bonchev–Trinajstić information content (AvgIpc) is 3.23. The first-order chi connectivity index (χ1) is 14.2. The van der Waals surface area contributed by atoms with Crippen LogP contribution in [-0.2, 0) is 6.42 Å². The number of aliphatic hydroxyl groups excluding tert-OH is 2. The monoisotopic (exact) mass is 402 g/mol. The predicted molar refractivity (Wildman–Crippen MR) is 105 cm³/mol. The summed E-state index contributed by atoms with van der Waals surface area (Å²) in [4.78, 5) is 0. The fourth-order valence-electron chi connectivity index (χ4n) is 4.63. The second-order valence-corrected chi connectivity index (χ2v) is 7.30. The standard InChI is InChI=1S/C22H26O7/c1-25-18-8-13-6-14(9-23)15(10-24)19(20(13)22(27-3)21(18)26-2)12-4-5-16-17(7-12)29-11-28-16/h4-5,7-8,14-15,19,23-24H,6,9-11H2,1-3H3. The van der Waals surface area contributed by atoms with E-state index in [0.717, 1.165) is 16.7 Å². The Morgan fingerprint density at radius 2 is 1.69 bits per heavy atom.